The molecule has 3 rings (SSSR count). The Balaban J connectivity index is 1.74. The normalized spacial score (nSPS) is 22.3. The summed E-state index contributed by atoms with van der Waals surface area (Å²) in [5, 5.41) is 3.17. The molecule has 0 radical (unpaired) electrons. The quantitative estimate of drug-likeness (QED) is 0.916. The van der Waals surface area contributed by atoms with Crippen LogP contribution in [-0.2, 0) is 11.3 Å². The first-order valence-electron chi connectivity index (χ1n) is 7.16. The molecule has 1 aromatic rings. The molecule has 108 valence electrons. The number of anilines is 1. The van der Waals surface area contributed by atoms with Crippen LogP contribution >= 0.6 is 15.9 Å². The van der Waals surface area contributed by atoms with E-state index in [2.05, 4.69) is 49.2 Å². The minimum Gasteiger partial charge on any atom is -0.368 e. The summed E-state index contributed by atoms with van der Waals surface area (Å²) in [6, 6.07) is 6.96. The van der Waals surface area contributed by atoms with Crippen LogP contribution < -0.4 is 10.2 Å². The second-order valence-corrected chi connectivity index (χ2v) is 6.39. The Morgan fingerprint density at radius 1 is 1.40 bits per heavy atom. The summed E-state index contributed by atoms with van der Waals surface area (Å²) in [5.41, 5.74) is 2.52. The van der Waals surface area contributed by atoms with Crippen molar-refractivity contribution in [3.05, 3.63) is 28.2 Å². The van der Waals surface area contributed by atoms with E-state index in [4.69, 9.17) is 0 Å². The summed E-state index contributed by atoms with van der Waals surface area (Å²) >= 11 is 3.65. The molecule has 20 heavy (non-hydrogen) atoms. The van der Waals surface area contributed by atoms with Gasteiger partial charge < -0.3 is 15.1 Å². The molecular formula is C15H20BrN3O. The molecule has 2 saturated heterocycles. The van der Waals surface area contributed by atoms with Gasteiger partial charge in [-0.05, 0) is 31.2 Å². The molecule has 2 fully saturated rings. The average Bonchev–Trinajstić information content (AvgIpc) is 2.82. The maximum Gasteiger partial charge on any atom is 0.223 e. The number of nitrogens with zero attached hydrogens (tertiary/aromatic N) is 2. The summed E-state index contributed by atoms with van der Waals surface area (Å²) in [4.78, 5) is 16.2. The van der Waals surface area contributed by atoms with Gasteiger partial charge in [0.15, 0.2) is 0 Å². The van der Waals surface area contributed by atoms with Gasteiger partial charge in [-0.15, -0.1) is 0 Å². The topological polar surface area (TPSA) is 35.6 Å². The zero-order chi connectivity index (χ0) is 14.1. The van der Waals surface area contributed by atoms with Crippen LogP contribution in [0, 0.1) is 0 Å². The number of halogens is 1. The third kappa shape index (κ3) is 2.56. The van der Waals surface area contributed by atoms with Crippen molar-refractivity contribution in [3.8, 4) is 0 Å². The zero-order valence-electron chi connectivity index (χ0n) is 11.7. The van der Waals surface area contributed by atoms with E-state index >= 15 is 0 Å². The first kappa shape index (κ1) is 13.9. The van der Waals surface area contributed by atoms with Crippen LogP contribution in [0.4, 0.5) is 5.69 Å². The van der Waals surface area contributed by atoms with Crippen molar-refractivity contribution in [2.24, 2.45) is 0 Å². The number of piperazine rings is 1. The van der Waals surface area contributed by atoms with Gasteiger partial charge in [0.05, 0.1) is 0 Å². The summed E-state index contributed by atoms with van der Waals surface area (Å²) in [6.07, 6.45) is 1.73. The van der Waals surface area contributed by atoms with Gasteiger partial charge in [-0.25, -0.2) is 0 Å². The van der Waals surface area contributed by atoms with E-state index in [1.165, 1.54) is 11.3 Å². The van der Waals surface area contributed by atoms with Crippen LogP contribution in [0.3, 0.4) is 0 Å². The van der Waals surface area contributed by atoms with Crippen molar-refractivity contribution in [2.75, 3.05) is 31.6 Å². The number of carbonyl (C=O) groups excluding carboxylic acids is 1. The molecule has 4 nitrogen and oxygen atoms in total. The number of fused-ring (bicyclic) bond motifs is 1. The zero-order valence-corrected chi connectivity index (χ0v) is 13.3. The Hall–Kier alpha value is -1.07. The third-order valence-corrected chi connectivity index (χ3v) is 5.00. The molecule has 2 aliphatic heterocycles. The second-order valence-electron chi connectivity index (χ2n) is 5.53. The molecule has 2 aliphatic rings. The summed E-state index contributed by atoms with van der Waals surface area (Å²) in [5.74, 6) is 0.334. The van der Waals surface area contributed by atoms with Crippen LogP contribution in [0.15, 0.2) is 22.7 Å². The van der Waals surface area contributed by atoms with Gasteiger partial charge in [-0.3, -0.25) is 4.79 Å². The SMILES string of the molecule is CNCc1ccc(N2CCN3C(=O)CCC3C2)cc1Br. The fourth-order valence-corrected chi connectivity index (χ4v) is 3.67. The standard InChI is InChI=1S/C15H20BrN3O/c1-17-9-11-2-3-12(8-14(11)16)18-6-7-19-13(10-18)4-5-15(19)20/h2-3,8,13,17H,4-7,9-10H2,1H3. The molecule has 2 heterocycles. The van der Waals surface area contributed by atoms with Gasteiger partial charge in [0.25, 0.3) is 0 Å². The van der Waals surface area contributed by atoms with Gasteiger partial charge in [-0.2, -0.15) is 0 Å². The first-order valence-corrected chi connectivity index (χ1v) is 7.96. The summed E-state index contributed by atoms with van der Waals surface area (Å²) in [7, 11) is 1.96. The first-order chi connectivity index (χ1) is 9.69. The summed E-state index contributed by atoms with van der Waals surface area (Å²) in [6.45, 7) is 3.62. The highest BCUT2D eigenvalue weighted by atomic mass is 79.9. The molecule has 1 unspecified atom stereocenters. The minimum absolute atomic E-state index is 0.334. The van der Waals surface area contributed by atoms with E-state index in [9.17, 15) is 4.79 Å². The predicted octanol–water partition coefficient (Wildman–Crippen LogP) is 1.98. The minimum atomic E-state index is 0.334. The van der Waals surface area contributed by atoms with Crippen molar-refractivity contribution in [1.29, 1.82) is 0 Å². The maximum absolute atomic E-state index is 11.7. The van der Waals surface area contributed by atoms with E-state index in [0.717, 1.165) is 43.5 Å². The largest absolute Gasteiger partial charge is 0.368 e. The van der Waals surface area contributed by atoms with Crippen molar-refractivity contribution in [2.45, 2.75) is 25.4 Å². The van der Waals surface area contributed by atoms with E-state index < -0.39 is 0 Å². The van der Waals surface area contributed by atoms with Gasteiger partial charge in [0, 0.05) is 48.8 Å². The van der Waals surface area contributed by atoms with Crippen LogP contribution in [0.5, 0.6) is 0 Å². The number of amides is 1. The second kappa shape index (κ2) is 5.74. The Morgan fingerprint density at radius 2 is 2.25 bits per heavy atom. The fourth-order valence-electron chi connectivity index (χ4n) is 3.17. The van der Waals surface area contributed by atoms with Gasteiger partial charge in [-0.1, -0.05) is 22.0 Å². The maximum atomic E-state index is 11.7. The smallest absolute Gasteiger partial charge is 0.223 e. The Labute approximate surface area is 128 Å². The highest BCUT2D eigenvalue weighted by molar-refractivity contribution is 9.10. The molecule has 1 aromatic carbocycles. The molecule has 1 amide bonds. The molecule has 0 saturated carbocycles. The third-order valence-electron chi connectivity index (χ3n) is 4.26. The molecule has 0 aromatic heterocycles. The highest BCUT2D eigenvalue weighted by Gasteiger charge is 2.35. The Morgan fingerprint density at radius 3 is 3.00 bits per heavy atom. The number of hydrogen-bond acceptors (Lipinski definition) is 3. The van der Waals surface area contributed by atoms with E-state index in [-0.39, 0.29) is 0 Å². The van der Waals surface area contributed by atoms with Crippen LogP contribution in [0.2, 0.25) is 0 Å². The van der Waals surface area contributed by atoms with Gasteiger partial charge >= 0.3 is 0 Å². The monoisotopic (exact) mass is 337 g/mol. The van der Waals surface area contributed by atoms with Crippen molar-refractivity contribution < 1.29 is 4.79 Å². The van der Waals surface area contributed by atoms with E-state index in [0.29, 0.717) is 11.9 Å². The van der Waals surface area contributed by atoms with Crippen molar-refractivity contribution in [1.82, 2.24) is 10.2 Å². The van der Waals surface area contributed by atoms with Crippen molar-refractivity contribution in [3.63, 3.8) is 0 Å². The van der Waals surface area contributed by atoms with Gasteiger partial charge in [0.1, 0.15) is 0 Å². The molecule has 1 N–H and O–H groups in total. The van der Waals surface area contributed by atoms with Gasteiger partial charge in [0.2, 0.25) is 5.91 Å². The van der Waals surface area contributed by atoms with Crippen LogP contribution in [-0.4, -0.2) is 43.5 Å². The molecule has 0 aliphatic carbocycles. The highest BCUT2D eigenvalue weighted by Crippen LogP contribution is 2.29. The number of rotatable bonds is 3. The Kier molecular flexibility index (Phi) is 3.98. The molecule has 0 spiro atoms. The lowest BCUT2D eigenvalue weighted by molar-refractivity contribution is -0.129. The van der Waals surface area contributed by atoms with Crippen LogP contribution in [0.1, 0.15) is 18.4 Å². The summed E-state index contributed by atoms with van der Waals surface area (Å²) < 4.78 is 1.15. The van der Waals surface area contributed by atoms with E-state index in [1.807, 2.05) is 7.05 Å². The lowest BCUT2D eigenvalue weighted by atomic mass is 10.1. The predicted molar refractivity (Wildman–Crippen MR) is 83.9 cm³/mol. The fraction of sp³-hybridized carbons (Fsp3) is 0.533. The number of nitrogens with one attached hydrogen (secondary N) is 1. The lowest BCUT2D eigenvalue weighted by Crippen LogP contribution is -2.51. The van der Waals surface area contributed by atoms with E-state index in [1.54, 1.807) is 0 Å². The molecule has 1 atom stereocenters. The number of benzene rings is 1. The number of hydrogen-bond donors (Lipinski definition) is 1. The molecular weight excluding hydrogens is 318 g/mol. The Bertz CT molecular complexity index is 520. The lowest BCUT2D eigenvalue weighted by Gasteiger charge is -2.39. The van der Waals surface area contributed by atoms with Crippen molar-refractivity contribution >= 4 is 27.5 Å². The molecule has 5 heteroatoms. The average molecular weight is 338 g/mol. The van der Waals surface area contributed by atoms with Crippen LogP contribution in [0.25, 0.3) is 0 Å². The number of carbonyl (C=O) groups is 1. The molecule has 0 bridgehead atoms.